The molecule has 0 aliphatic carbocycles. The van der Waals surface area contributed by atoms with Crippen molar-refractivity contribution in [2.75, 3.05) is 5.73 Å². The van der Waals surface area contributed by atoms with E-state index in [1.54, 1.807) is 6.07 Å². The molecule has 0 unspecified atom stereocenters. The van der Waals surface area contributed by atoms with Crippen molar-refractivity contribution in [2.45, 2.75) is 6.42 Å². The molecule has 0 radical (unpaired) electrons. The maximum absolute atomic E-state index is 13.5. The molecule has 2 aromatic rings. The molecule has 0 aliphatic rings. The molecule has 0 bridgehead atoms. The van der Waals surface area contributed by atoms with Gasteiger partial charge in [-0.25, -0.2) is 8.78 Å². The molecule has 0 atom stereocenters. The summed E-state index contributed by atoms with van der Waals surface area (Å²) in [6, 6.07) is 8.32. The van der Waals surface area contributed by atoms with Crippen LogP contribution in [0.2, 0.25) is 0 Å². The van der Waals surface area contributed by atoms with Gasteiger partial charge in [0.05, 0.1) is 5.69 Å². The minimum absolute atomic E-state index is 0.0689. The van der Waals surface area contributed by atoms with Crippen molar-refractivity contribution < 1.29 is 13.6 Å². The second-order valence-electron chi connectivity index (χ2n) is 4.04. The van der Waals surface area contributed by atoms with Crippen molar-refractivity contribution in [3.8, 4) is 0 Å². The van der Waals surface area contributed by atoms with Gasteiger partial charge in [0.2, 0.25) is 0 Å². The SMILES string of the molecule is Nc1c(F)cccc1C(=O)Cc1cc(Br)ccc1F. The Bertz CT molecular complexity index is 643. The maximum Gasteiger partial charge on any atom is 0.169 e. The van der Waals surface area contributed by atoms with Gasteiger partial charge in [0.15, 0.2) is 5.78 Å². The van der Waals surface area contributed by atoms with Crippen LogP contribution in [0, 0.1) is 11.6 Å². The molecule has 2 N–H and O–H groups in total. The zero-order valence-corrected chi connectivity index (χ0v) is 11.4. The molecular formula is C14H10BrF2NO. The van der Waals surface area contributed by atoms with E-state index in [0.717, 1.165) is 0 Å². The number of nitrogens with two attached hydrogens (primary N) is 1. The molecule has 2 rings (SSSR count). The number of rotatable bonds is 3. The highest BCUT2D eigenvalue weighted by Gasteiger charge is 2.15. The van der Waals surface area contributed by atoms with Crippen LogP contribution in [0.4, 0.5) is 14.5 Å². The van der Waals surface area contributed by atoms with Gasteiger partial charge in [-0.15, -0.1) is 0 Å². The van der Waals surface area contributed by atoms with Crippen LogP contribution in [0.1, 0.15) is 15.9 Å². The molecule has 0 aliphatic heterocycles. The second kappa shape index (κ2) is 5.48. The van der Waals surface area contributed by atoms with Crippen LogP contribution in [0.15, 0.2) is 40.9 Å². The predicted molar refractivity (Wildman–Crippen MR) is 72.9 cm³/mol. The number of hydrogen-bond acceptors (Lipinski definition) is 2. The molecule has 5 heteroatoms. The summed E-state index contributed by atoms with van der Waals surface area (Å²) in [5, 5.41) is 0. The van der Waals surface area contributed by atoms with E-state index in [1.165, 1.54) is 30.3 Å². The Balaban J connectivity index is 2.31. The van der Waals surface area contributed by atoms with Crippen molar-refractivity contribution >= 4 is 27.4 Å². The zero-order chi connectivity index (χ0) is 14.0. The Morgan fingerprint density at radius 3 is 2.63 bits per heavy atom. The van der Waals surface area contributed by atoms with E-state index in [1.807, 2.05) is 0 Å². The van der Waals surface area contributed by atoms with Crippen molar-refractivity contribution in [2.24, 2.45) is 0 Å². The molecular weight excluding hydrogens is 316 g/mol. The average molecular weight is 326 g/mol. The maximum atomic E-state index is 13.5. The Labute approximate surface area is 117 Å². The Morgan fingerprint density at radius 2 is 1.89 bits per heavy atom. The third-order valence-electron chi connectivity index (χ3n) is 2.71. The van der Waals surface area contributed by atoms with E-state index < -0.39 is 17.4 Å². The van der Waals surface area contributed by atoms with E-state index in [4.69, 9.17) is 5.73 Å². The smallest absolute Gasteiger partial charge is 0.169 e. The summed E-state index contributed by atoms with van der Waals surface area (Å²) in [6.07, 6.45) is -0.168. The number of Topliss-reactive ketones (excluding diaryl/α,β-unsaturated/α-hetero) is 1. The van der Waals surface area contributed by atoms with Gasteiger partial charge in [0.25, 0.3) is 0 Å². The van der Waals surface area contributed by atoms with Crippen LogP contribution in [0.5, 0.6) is 0 Å². The first-order valence-electron chi connectivity index (χ1n) is 5.50. The number of hydrogen-bond donors (Lipinski definition) is 1. The first kappa shape index (κ1) is 13.7. The number of carbonyl (C=O) groups is 1. The molecule has 2 nitrogen and oxygen atoms in total. The average Bonchev–Trinajstić information content (AvgIpc) is 2.37. The lowest BCUT2D eigenvalue weighted by Gasteiger charge is -2.07. The van der Waals surface area contributed by atoms with Crippen LogP contribution in [-0.2, 0) is 6.42 Å². The van der Waals surface area contributed by atoms with Crippen LogP contribution >= 0.6 is 15.9 Å². The van der Waals surface area contributed by atoms with Gasteiger partial charge in [-0.05, 0) is 35.9 Å². The zero-order valence-electron chi connectivity index (χ0n) is 9.79. The Hall–Kier alpha value is -1.75. The van der Waals surface area contributed by atoms with Crippen molar-refractivity contribution in [1.29, 1.82) is 0 Å². The van der Waals surface area contributed by atoms with E-state index in [-0.39, 0.29) is 23.2 Å². The second-order valence-corrected chi connectivity index (χ2v) is 4.95. The van der Waals surface area contributed by atoms with Gasteiger partial charge < -0.3 is 5.73 Å². The van der Waals surface area contributed by atoms with E-state index >= 15 is 0 Å². The van der Waals surface area contributed by atoms with Crippen molar-refractivity contribution in [1.82, 2.24) is 0 Å². The van der Waals surface area contributed by atoms with Gasteiger partial charge in [-0.1, -0.05) is 22.0 Å². The fourth-order valence-corrected chi connectivity index (χ4v) is 2.14. The molecule has 2 aromatic carbocycles. The third kappa shape index (κ3) is 2.98. The number of benzene rings is 2. The van der Waals surface area contributed by atoms with Crippen LogP contribution in [-0.4, -0.2) is 5.78 Å². The number of para-hydroxylation sites is 1. The molecule has 0 heterocycles. The third-order valence-corrected chi connectivity index (χ3v) is 3.21. The van der Waals surface area contributed by atoms with E-state index in [2.05, 4.69) is 15.9 Å². The van der Waals surface area contributed by atoms with Crippen LogP contribution in [0.25, 0.3) is 0 Å². The summed E-state index contributed by atoms with van der Waals surface area (Å²) in [5.74, 6) is -1.55. The van der Waals surface area contributed by atoms with Gasteiger partial charge in [0.1, 0.15) is 11.6 Å². The topological polar surface area (TPSA) is 43.1 Å². The summed E-state index contributed by atoms with van der Waals surface area (Å²) in [7, 11) is 0. The molecule has 0 fully saturated rings. The van der Waals surface area contributed by atoms with Crippen molar-refractivity contribution in [3.05, 3.63) is 63.6 Å². The first-order valence-corrected chi connectivity index (χ1v) is 6.29. The normalized spacial score (nSPS) is 10.5. The van der Waals surface area contributed by atoms with Gasteiger partial charge >= 0.3 is 0 Å². The quantitative estimate of drug-likeness (QED) is 0.690. The first-order chi connectivity index (χ1) is 8.99. The Kier molecular flexibility index (Phi) is 3.95. The summed E-state index contributed by atoms with van der Waals surface area (Å²) in [5.41, 5.74) is 5.61. The van der Waals surface area contributed by atoms with Crippen molar-refractivity contribution in [3.63, 3.8) is 0 Å². The molecule has 19 heavy (non-hydrogen) atoms. The summed E-state index contributed by atoms with van der Waals surface area (Å²) in [6.45, 7) is 0. The summed E-state index contributed by atoms with van der Waals surface area (Å²) in [4.78, 5) is 12.0. The predicted octanol–water partition coefficient (Wildman–Crippen LogP) is 3.73. The Morgan fingerprint density at radius 1 is 1.16 bits per heavy atom. The van der Waals surface area contributed by atoms with Gasteiger partial charge in [-0.2, -0.15) is 0 Å². The molecule has 0 amide bonds. The molecule has 0 saturated heterocycles. The number of halogens is 3. The molecule has 0 aromatic heterocycles. The van der Waals surface area contributed by atoms with Gasteiger partial charge in [-0.3, -0.25) is 4.79 Å². The lowest BCUT2D eigenvalue weighted by atomic mass is 10.0. The lowest BCUT2D eigenvalue weighted by molar-refractivity contribution is 0.0992. The number of ketones is 1. The standard InChI is InChI=1S/C14H10BrF2NO/c15-9-4-5-11(16)8(6-9)7-13(19)10-2-1-3-12(17)14(10)18/h1-6H,7,18H2. The number of carbonyl (C=O) groups excluding carboxylic acids is 1. The minimum atomic E-state index is -0.652. The van der Waals surface area contributed by atoms with Crippen LogP contribution in [0.3, 0.4) is 0 Å². The summed E-state index contributed by atoms with van der Waals surface area (Å²) < 4.78 is 27.5. The highest BCUT2D eigenvalue weighted by molar-refractivity contribution is 9.10. The highest BCUT2D eigenvalue weighted by Crippen LogP contribution is 2.21. The fourth-order valence-electron chi connectivity index (χ4n) is 1.73. The molecule has 0 spiro atoms. The lowest BCUT2D eigenvalue weighted by Crippen LogP contribution is -2.09. The fraction of sp³-hybridized carbons (Fsp3) is 0.0714. The summed E-state index contributed by atoms with van der Waals surface area (Å²) >= 11 is 3.21. The largest absolute Gasteiger partial charge is 0.396 e. The van der Waals surface area contributed by atoms with E-state index in [9.17, 15) is 13.6 Å². The number of anilines is 1. The molecule has 0 saturated carbocycles. The monoisotopic (exact) mass is 325 g/mol. The number of nitrogen functional groups attached to an aromatic ring is 1. The van der Waals surface area contributed by atoms with Crippen LogP contribution < -0.4 is 5.73 Å². The highest BCUT2D eigenvalue weighted by atomic mass is 79.9. The van der Waals surface area contributed by atoms with Gasteiger partial charge in [0, 0.05) is 16.5 Å². The minimum Gasteiger partial charge on any atom is -0.396 e. The van der Waals surface area contributed by atoms with E-state index in [0.29, 0.717) is 4.47 Å². The molecule has 98 valence electrons.